The van der Waals surface area contributed by atoms with Crippen LogP contribution in [-0.2, 0) is 0 Å². The van der Waals surface area contributed by atoms with E-state index in [0.717, 1.165) is 0 Å². The topological polar surface area (TPSA) is 9.23 Å². The standard InChI is InChI=1S/C9H10ClO/c1-7(2)11-9-6-4-3-5-8(9)10/h3-7H,1H2,2H3. The second-order valence-electron chi connectivity index (χ2n) is 2.36. The van der Waals surface area contributed by atoms with Crippen LogP contribution in [0.25, 0.3) is 0 Å². The van der Waals surface area contributed by atoms with Crippen LogP contribution in [0.15, 0.2) is 24.3 Å². The summed E-state index contributed by atoms with van der Waals surface area (Å²) < 4.78 is 5.30. The normalized spacial score (nSPS) is 10.2. The molecule has 1 aromatic rings. The molecule has 2 heteroatoms. The van der Waals surface area contributed by atoms with Gasteiger partial charge in [0.1, 0.15) is 5.75 Å². The Labute approximate surface area is 71.9 Å². The number of hydrogen-bond acceptors (Lipinski definition) is 1. The van der Waals surface area contributed by atoms with E-state index in [9.17, 15) is 0 Å². The van der Waals surface area contributed by atoms with E-state index in [4.69, 9.17) is 16.3 Å². The van der Waals surface area contributed by atoms with Gasteiger partial charge in [-0.25, -0.2) is 0 Å². The highest BCUT2D eigenvalue weighted by Crippen LogP contribution is 2.23. The third-order valence-electron chi connectivity index (χ3n) is 1.16. The third kappa shape index (κ3) is 2.43. The van der Waals surface area contributed by atoms with Crippen LogP contribution >= 0.6 is 11.6 Å². The molecule has 0 saturated heterocycles. The summed E-state index contributed by atoms with van der Waals surface area (Å²) in [6.45, 7) is 5.56. The molecule has 1 rings (SSSR count). The lowest BCUT2D eigenvalue weighted by Crippen LogP contribution is -2.05. The van der Waals surface area contributed by atoms with Gasteiger partial charge in [0, 0.05) is 0 Å². The Morgan fingerprint density at radius 1 is 1.45 bits per heavy atom. The average molecular weight is 170 g/mol. The van der Waals surface area contributed by atoms with E-state index < -0.39 is 0 Å². The number of hydrogen-bond donors (Lipinski definition) is 0. The van der Waals surface area contributed by atoms with Crippen molar-refractivity contribution in [1.29, 1.82) is 0 Å². The first-order valence-electron chi connectivity index (χ1n) is 3.44. The molecule has 0 heterocycles. The maximum Gasteiger partial charge on any atom is 0.138 e. The van der Waals surface area contributed by atoms with Gasteiger partial charge >= 0.3 is 0 Å². The quantitative estimate of drug-likeness (QED) is 0.662. The second kappa shape index (κ2) is 3.63. The monoisotopic (exact) mass is 169 g/mol. The molecule has 0 aromatic heterocycles. The Bertz CT molecular complexity index is 233. The van der Waals surface area contributed by atoms with Gasteiger partial charge in [0.25, 0.3) is 0 Å². The van der Waals surface area contributed by atoms with E-state index in [2.05, 4.69) is 6.92 Å². The Morgan fingerprint density at radius 2 is 2.09 bits per heavy atom. The molecule has 0 amide bonds. The summed E-state index contributed by atoms with van der Waals surface area (Å²) in [5.74, 6) is 0.691. The number of para-hydroxylation sites is 1. The lowest BCUT2D eigenvalue weighted by molar-refractivity contribution is 0.267. The van der Waals surface area contributed by atoms with Gasteiger partial charge in [-0.15, -0.1) is 0 Å². The van der Waals surface area contributed by atoms with Crippen molar-refractivity contribution in [2.24, 2.45) is 0 Å². The average Bonchev–Trinajstić information content (AvgIpc) is 1.93. The van der Waals surface area contributed by atoms with E-state index >= 15 is 0 Å². The van der Waals surface area contributed by atoms with Crippen molar-refractivity contribution in [2.75, 3.05) is 0 Å². The van der Waals surface area contributed by atoms with Gasteiger partial charge in [-0.3, -0.25) is 0 Å². The zero-order valence-corrected chi connectivity index (χ0v) is 7.14. The number of benzene rings is 1. The van der Waals surface area contributed by atoms with Crippen LogP contribution in [0.2, 0.25) is 5.02 Å². The summed E-state index contributed by atoms with van der Waals surface area (Å²) in [5, 5.41) is 0.628. The van der Waals surface area contributed by atoms with Gasteiger partial charge < -0.3 is 4.74 Å². The maximum absolute atomic E-state index is 5.82. The second-order valence-corrected chi connectivity index (χ2v) is 2.77. The molecule has 1 radical (unpaired) electrons. The Kier molecular flexibility index (Phi) is 2.77. The predicted octanol–water partition coefficient (Wildman–Crippen LogP) is 2.94. The van der Waals surface area contributed by atoms with Gasteiger partial charge in [-0.2, -0.15) is 0 Å². The van der Waals surface area contributed by atoms with Crippen LogP contribution < -0.4 is 4.74 Å². The Hall–Kier alpha value is -0.690. The molecule has 1 aromatic carbocycles. The summed E-state index contributed by atoms with van der Waals surface area (Å²) in [5.41, 5.74) is 0. The fraction of sp³-hybridized carbons (Fsp3) is 0.222. The largest absolute Gasteiger partial charge is 0.489 e. The van der Waals surface area contributed by atoms with Crippen molar-refractivity contribution in [3.05, 3.63) is 36.2 Å². The van der Waals surface area contributed by atoms with Gasteiger partial charge in [0.15, 0.2) is 0 Å². The molecule has 0 saturated carbocycles. The lowest BCUT2D eigenvalue weighted by Gasteiger charge is -2.09. The first kappa shape index (κ1) is 8.41. The van der Waals surface area contributed by atoms with E-state index in [-0.39, 0.29) is 6.10 Å². The molecule has 0 bridgehead atoms. The summed E-state index contributed by atoms with van der Waals surface area (Å²) in [6.07, 6.45) is -0.0742. The molecule has 0 fully saturated rings. The molecule has 0 N–H and O–H groups in total. The highest BCUT2D eigenvalue weighted by molar-refractivity contribution is 6.32. The predicted molar refractivity (Wildman–Crippen MR) is 46.9 cm³/mol. The van der Waals surface area contributed by atoms with Crippen LogP contribution in [-0.4, -0.2) is 6.10 Å². The third-order valence-corrected chi connectivity index (χ3v) is 1.48. The van der Waals surface area contributed by atoms with Crippen molar-refractivity contribution in [3.63, 3.8) is 0 Å². The maximum atomic E-state index is 5.82. The molecule has 59 valence electrons. The lowest BCUT2D eigenvalue weighted by atomic mass is 10.3. The molecule has 1 nitrogen and oxygen atoms in total. The SMILES string of the molecule is [CH2]C(C)Oc1ccccc1Cl. The summed E-state index contributed by atoms with van der Waals surface area (Å²) in [4.78, 5) is 0. The molecule has 0 aliphatic carbocycles. The number of halogens is 1. The molecule has 0 aliphatic rings. The summed E-state index contributed by atoms with van der Waals surface area (Å²) in [7, 11) is 0. The summed E-state index contributed by atoms with van der Waals surface area (Å²) >= 11 is 5.82. The molecule has 1 unspecified atom stereocenters. The Morgan fingerprint density at radius 3 is 2.64 bits per heavy atom. The first-order chi connectivity index (χ1) is 5.20. The first-order valence-corrected chi connectivity index (χ1v) is 3.82. The van der Waals surface area contributed by atoms with Crippen molar-refractivity contribution < 1.29 is 4.74 Å². The van der Waals surface area contributed by atoms with Crippen LogP contribution in [0, 0.1) is 6.92 Å². The highest BCUT2D eigenvalue weighted by atomic mass is 35.5. The Balaban J connectivity index is 2.78. The van der Waals surface area contributed by atoms with Crippen molar-refractivity contribution in [2.45, 2.75) is 13.0 Å². The van der Waals surface area contributed by atoms with Crippen molar-refractivity contribution in [1.82, 2.24) is 0 Å². The van der Waals surface area contributed by atoms with Crippen LogP contribution in [0.4, 0.5) is 0 Å². The van der Waals surface area contributed by atoms with E-state index in [1.54, 1.807) is 6.07 Å². The fourth-order valence-corrected chi connectivity index (χ4v) is 0.937. The van der Waals surface area contributed by atoms with Gasteiger partial charge in [-0.1, -0.05) is 23.7 Å². The van der Waals surface area contributed by atoms with Crippen molar-refractivity contribution >= 4 is 11.6 Å². The van der Waals surface area contributed by atoms with Crippen molar-refractivity contribution in [3.8, 4) is 5.75 Å². The van der Waals surface area contributed by atoms with Crippen LogP contribution in [0.1, 0.15) is 6.92 Å². The minimum atomic E-state index is -0.0742. The molecule has 0 spiro atoms. The molecule has 1 atom stereocenters. The molecule has 11 heavy (non-hydrogen) atoms. The number of ether oxygens (including phenoxy) is 1. The van der Waals surface area contributed by atoms with E-state index in [1.807, 2.05) is 25.1 Å². The minimum Gasteiger partial charge on any atom is -0.489 e. The molecular weight excluding hydrogens is 160 g/mol. The van der Waals surface area contributed by atoms with Crippen LogP contribution in [0.3, 0.4) is 0 Å². The summed E-state index contributed by atoms with van der Waals surface area (Å²) in [6, 6.07) is 7.36. The minimum absolute atomic E-state index is 0.0742. The smallest absolute Gasteiger partial charge is 0.138 e. The van der Waals surface area contributed by atoms with Gasteiger partial charge in [0.05, 0.1) is 11.1 Å². The zero-order chi connectivity index (χ0) is 8.27. The highest BCUT2D eigenvalue weighted by Gasteiger charge is 2.00. The zero-order valence-electron chi connectivity index (χ0n) is 6.38. The fourth-order valence-electron chi connectivity index (χ4n) is 0.757. The van der Waals surface area contributed by atoms with Crippen LogP contribution in [0.5, 0.6) is 5.75 Å². The van der Waals surface area contributed by atoms with Gasteiger partial charge in [0.2, 0.25) is 0 Å². The molecular formula is C9H10ClO. The van der Waals surface area contributed by atoms with E-state index in [1.165, 1.54) is 0 Å². The number of rotatable bonds is 2. The molecule has 0 aliphatic heterocycles. The van der Waals surface area contributed by atoms with Gasteiger partial charge in [-0.05, 0) is 26.0 Å². The van der Waals surface area contributed by atoms with E-state index in [0.29, 0.717) is 10.8 Å².